The van der Waals surface area contributed by atoms with Crippen LogP contribution in [0.25, 0.3) is 0 Å². The van der Waals surface area contributed by atoms with E-state index in [4.69, 9.17) is 17.3 Å². The molecule has 1 aromatic carbocycles. The molecule has 0 bridgehead atoms. The van der Waals surface area contributed by atoms with Crippen LogP contribution in [0.3, 0.4) is 0 Å². The Bertz CT molecular complexity index is 393. The van der Waals surface area contributed by atoms with Crippen molar-refractivity contribution in [3.05, 3.63) is 28.8 Å². The minimum atomic E-state index is -0.466. The summed E-state index contributed by atoms with van der Waals surface area (Å²) in [5.41, 5.74) is 7.35. The monoisotopic (exact) mass is 254 g/mol. The van der Waals surface area contributed by atoms with E-state index in [1.807, 2.05) is 19.1 Å². The van der Waals surface area contributed by atoms with Gasteiger partial charge in [-0.2, -0.15) is 0 Å². The summed E-state index contributed by atoms with van der Waals surface area (Å²) in [5.74, 6) is -0.175. The fourth-order valence-corrected chi connectivity index (χ4v) is 1.70. The van der Waals surface area contributed by atoms with Gasteiger partial charge in [0.25, 0.3) is 0 Å². The van der Waals surface area contributed by atoms with Gasteiger partial charge in [0, 0.05) is 0 Å². The molecule has 0 saturated heterocycles. The normalized spacial score (nSPS) is 12.2. The molecule has 1 atom stereocenters. The predicted octanol–water partition coefficient (Wildman–Crippen LogP) is 3.10. The second-order valence-corrected chi connectivity index (χ2v) is 4.55. The quantitative estimate of drug-likeness (QED) is 0.848. The van der Waals surface area contributed by atoms with Crippen LogP contribution in [-0.2, 0) is 4.79 Å². The molecule has 4 heteroatoms. The van der Waals surface area contributed by atoms with Crippen molar-refractivity contribution in [3.8, 4) is 0 Å². The van der Waals surface area contributed by atoms with Gasteiger partial charge >= 0.3 is 0 Å². The first kappa shape index (κ1) is 14.0. The molecule has 0 spiro atoms. The lowest BCUT2D eigenvalue weighted by molar-refractivity contribution is -0.117. The number of aryl methyl sites for hydroxylation is 1. The van der Waals surface area contributed by atoms with Crippen LogP contribution in [-0.4, -0.2) is 11.9 Å². The number of halogens is 1. The van der Waals surface area contributed by atoms with Crippen LogP contribution in [0.2, 0.25) is 5.02 Å². The molecule has 1 aromatic rings. The molecule has 3 N–H and O–H groups in total. The number of anilines is 1. The molecule has 0 radical (unpaired) electrons. The zero-order chi connectivity index (χ0) is 12.8. The summed E-state index contributed by atoms with van der Waals surface area (Å²) in [5, 5.41) is 3.34. The van der Waals surface area contributed by atoms with Gasteiger partial charge in [-0.1, -0.05) is 43.5 Å². The highest BCUT2D eigenvalue weighted by atomic mass is 35.5. The van der Waals surface area contributed by atoms with Crippen molar-refractivity contribution in [2.24, 2.45) is 5.73 Å². The summed E-state index contributed by atoms with van der Waals surface area (Å²) in [7, 11) is 0. The summed E-state index contributed by atoms with van der Waals surface area (Å²) in [6.45, 7) is 3.97. The van der Waals surface area contributed by atoms with Gasteiger partial charge in [0.15, 0.2) is 0 Å². The lowest BCUT2D eigenvalue weighted by atomic mass is 10.1. The molecule has 0 aliphatic rings. The molecule has 1 rings (SSSR count). The van der Waals surface area contributed by atoms with Crippen LogP contribution in [0, 0.1) is 6.92 Å². The molecule has 17 heavy (non-hydrogen) atoms. The second kappa shape index (κ2) is 6.62. The van der Waals surface area contributed by atoms with Crippen molar-refractivity contribution in [3.63, 3.8) is 0 Å². The molecule has 94 valence electrons. The highest BCUT2D eigenvalue weighted by Gasteiger charge is 2.14. The third-order valence-corrected chi connectivity index (χ3v) is 3.16. The Morgan fingerprint density at radius 2 is 2.24 bits per heavy atom. The molecule has 0 saturated carbocycles. The molecular weight excluding hydrogens is 236 g/mol. The summed E-state index contributed by atoms with van der Waals surface area (Å²) < 4.78 is 0. The van der Waals surface area contributed by atoms with Crippen molar-refractivity contribution < 1.29 is 4.79 Å². The van der Waals surface area contributed by atoms with Gasteiger partial charge in [0.1, 0.15) is 0 Å². The van der Waals surface area contributed by atoms with E-state index in [1.165, 1.54) is 0 Å². The highest BCUT2D eigenvalue weighted by molar-refractivity contribution is 6.34. The number of nitrogens with two attached hydrogens (primary N) is 1. The Balaban J connectivity index is 2.64. The summed E-state index contributed by atoms with van der Waals surface area (Å²) >= 11 is 6.09. The summed E-state index contributed by atoms with van der Waals surface area (Å²) in [6, 6.07) is 5.06. The number of carbonyl (C=O) groups is 1. The van der Waals surface area contributed by atoms with E-state index in [9.17, 15) is 4.79 Å². The second-order valence-electron chi connectivity index (χ2n) is 4.17. The van der Waals surface area contributed by atoms with Crippen LogP contribution >= 0.6 is 11.6 Å². The van der Waals surface area contributed by atoms with Gasteiger partial charge in [-0.3, -0.25) is 4.79 Å². The van der Waals surface area contributed by atoms with Gasteiger partial charge in [0.05, 0.1) is 16.8 Å². The van der Waals surface area contributed by atoms with Crippen LogP contribution in [0.1, 0.15) is 31.7 Å². The van der Waals surface area contributed by atoms with Gasteiger partial charge in [-0.25, -0.2) is 0 Å². The van der Waals surface area contributed by atoms with E-state index >= 15 is 0 Å². The minimum absolute atomic E-state index is 0.175. The van der Waals surface area contributed by atoms with Gasteiger partial charge in [-0.15, -0.1) is 0 Å². The van der Waals surface area contributed by atoms with E-state index in [0.29, 0.717) is 17.1 Å². The van der Waals surface area contributed by atoms with Gasteiger partial charge in [-0.05, 0) is 25.0 Å². The van der Waals surface area contributed by atoms with Crippen LogP contribution in [0.5, 0.6) is 0 Å². The van der Waals surface area contributed by atoms with Crippen molar-refractivity contribution in [1.82, 2.24) is 0 Å². The third-order valence-electron chi connectivity index (χ3n) is 2.66. The van der Waals surface area contributed by atoms with E-state index < -0.39 is 6.04 Å². The van der Waals surface area contributed by atoms with Crippen LogP contribution < -0.4 is 11.1 Å². The number of hydrogen-bond acceptors (Lipinski definition) is 2. The zero-order valence-electron chi connectivity index (χ0n) is 10.3. The number of unbranched alkanes of at least 4 members (excludes halogenated alkanes) is 1. The number of nitrogens with one attached hydrogen (secondary N) is 1. The predicted molar refractivity (Wildman–Crippen MR) is 72.3 cm³/mol. The van der Waals surface area contributed by atoms with Crippen molar-refractivity contribution in [1.29, 1.82) is 0 Å². The van der Waals surface area contributed by atoms with Crippen molar-refractivity contribution in [2.45, 2.75) is 39.2 Å². The number of carbonyl (C=O) groups excluding carboxylic acids is 1. The maximum absolute atomic E-state index is 11.8. The number of rotatable bonds is 5. The Morgan fingerprint density at radius 1 is 1.53 bits per heavy atom. The third kappa shape index (κ3) is 4.02. The SMILES string of the molecule is CCCC[C@H](N)C(=O)Nc1cccc(C)c1Cl. The lowest BCUT2D eigenvalue weighted by Gasteiger charge is -2.13. The smallest absolute Gasteiger partial charge is 0.241 e. The number of hydrogen-bond donors (Lipinski definition) is 2. The highest BCUT2D eigenvalue weighted by Crippen LogP contribution is 2.25. The fraction of sp³-hybridized carbons (Fsp3) is 0.462. The fourth-order valence-electron chi connectivity index (χ4n) is 1.52. The lowest BCUT2D eigenvalue weighted by Crippen LogP contribution is -2.35. The van der Waals surface area contributed by atoms with E-state index in [2.05, 4.69) is 12.2 Å². The largest absolute Gasteiger partial charge is 0.323 e. The number of benzene rings is 1. The van der Waals surface area contributed by atoms with Crippen LogP contribution in [0.4, 0.5) is 5.69 Å². The molecule has 0 unspecified atom stereocenters. The number of amides is 1. The molecule has 0 aliphatic carbocycles. The Labute approximate surface area is 107 Å². The van der Waals surface area contributed by atoms with Gasteiger partial charge in [0.2, 0.25) is 5.91 Å². The molecular formula is C13H19ClN2O. The molecule has 0 aliphatic heterocycles. The first-order valence-electron chi connectivity index (χ1n) is 5.87. The minimum Gasteiger partial charge on any atom is -0.323 e. The van der Waals surface area contributed by atoms with E-state index in [0.717, 1.165) is 18.4 Å². The Hall–Kier alpha value is -1.06. The van der Waals surface area contributed by atoms with Gasteiger partial charge < -0.3 is 11.1 Å². The first-order valence-corrected chi connectivity index (χ1v) is 6.25. The van der Waals surface area contributed by atoms with E-state index in [-0.39, 0.29) is 5.91 Å². The average Bonchev–Trinajstić information content (AvgIpc) is 2.31. The first-order chi connectivity index (χ1) is 8.06. The maximum atomic E-state index is 11.8. The molecule has 0 aromatic heterocycles. The molecule has 1 amide bonds. The average molecular weight is 255 g/mol. The van der Waals surface area contributed by atoms with E-state index in [1.54, 1.807) is 6.07 Å². The Morgan fingerprint density at radius 3 is 2.88 bits per heavy atom. The van der Waals surface area contributed by atoms with Crippen molar-refractivity contribution >= 4 is 23.2 Å². The topological polar surface area (TPSA) is 55.1 Å². The van der Waals surface area contributed by atoms with Crippen LogP contribution in [0.15, 0.2) is 18.2 Å². The summed E-state index contributed by atoms with van der Waals surface area (Å²) in [4.78, 5) is 11.8. The Kier molecular flexibility index (Phi) is 5.45. The maximum Gasteiger partial charge on any atom is 0.241 e. The zero-order valence-corrected chi connectivity index (χ0v) is 11.1. The molecule has 3 nitrogen and oxygen atoms in total. The standard InChI is InChI=1S/C13H19ClN2O/c1-3-4-7-10(15)13(17)16-11-8-5-6-9(2)12(11)14/h5-6,8,10H,3-4,7,15H2,1-2H3,(H,16,17)/t10-/m0/s1. The van der Waals surface area contributed by atoms with Crippen molar-refractivity contribution in [2.75, 3.05) is 5.32 Å². The summed E-state index contributed by atoms with van der Waals surface area (Å²) in [6.07, 6.45) is 2.69. The molecule has 0 fully saturated rings. The molecule has 0 heterocycles.